The summed E-state index contributed by atoms with van der Waals surface area (Å²) in [6, 6.07) is 12.6. The van der Waals surface area contributed by atoms with Crippen molar-refractivity contribution in [1.29, 1.82) is 0 Å². The molecule has 0 radical (unpaired) electrons. The zero-order valence-electron chi connectivity index (χ0n) is 9.87. The Morgan fingerprint density at radius 3 is 2.44 bits per heavy atom. The minimum atomic E-state index is -3.25. The van der Waals surface area contributed by atoms with E-state index in [4.69, 9.17) is 4.42 Å². The number of hydrogen-bond donors (Lipinski definition) is 0. The third-order valence-electron chi connectivity index (χ3n) is 2.52. The van der Waals surface area contributed by atoms with Gasteiger partial charge in [0.05, 0.1) is 12.0 Å². The van der Waals surface area contributed by atoms with Gasteiger partial charge >= 0.3 is 0 Å². The van der Waals surface area contributed by atoms with Crippen LogP contribution < -0.4 is 0 Å². The van der Waals surface area contributed by atoms with E-state index in [2.05, 4.69) is 6.58 Å². The van der Waals surface area contributed by atoms with Gasteiger partial charge in [0.15, 0.2) is 9.84 Å². The van der Waals surface area contributed by atoms with E-state index in [0.29, 0.717) is 11.3 Å². The fourth-order valence-corrected chi connectivity index (χ4v) is 3.08. The smallest absolute Gasteiger partial charge is 0.161 e. The first-order valence-electron chi connectivity index (χ1n) is 5.53. The first-order chi connectivity index (χ1) is 8.57. The summed E-state index contributed by atoms with van der Waals surface area (Å²) in [5, 5.41) is 0. The van der Waals surface area contributed by atoms with Gasteiger partial charge in [-0.25, -0.2) is 8.42 Å². The second-order valence-electron chi connectivity index (χ2n) is 4.08. The Kier molecular flexibility index (Phi) is 3.67. The molecular formula is C14H14O3S. The predicted molar refractivity (Wildman–Crippen MR) is 71.7 cm³/mol. The lowest BCUT2D eigenvalue weighted by Gasteiger charge is -2.06. The third kappa shape index (κ3) is 3.34. The molecule has 0 atom stereocenters. The molecule has 0 aliphatic heterocycles. The first kappa shape index (κ1) is 12.6. The number of rotatable bonds is 5. The highest BCUT2D eigenvalue weighted by molar-refractivity contribution is 7.91. The molecular weight excluding hydrogens is 248 g/mol. The van der Waals surface area contributed by atoms with Crippen molar-refractivity contribution in [3.63, 3.8) is 0 Å². The monoisotopic (exact) mass is 262 g/mol. The average Bonchev–Trinajstić information content (AvgIpc) is 2.81. The number of hydrogen-bond acceptors (Lipinski definition) is 3. The highest BCUT2D eigenvalue weighted by Crippen LogP contribution is 2.16. The molecule has 1 aromatic heterocycles. The van der Waals surface area contributed by atoms with Crippen molar-refractivity contribution in [3.05, 3.63) is 66.6 Å². The van der Waals surface area contributed by atoms with Crippen LogP contribution in [0.25, 0.3) is 5.57 Å². The van der Waals surface area contributed by atoms with E-state index < -0.39 is 9.84 Å². The van der Waals surface area contributed by atoms with Gasteiger partial charge in [-0.3, -0.25) is 0 Å². The van der Waals surface area contributed by atoms with E-state index in [1.165, 1.54) is 6.26 Å². The van der Waals surface area contributed by atoms with Gasteiger partial charge in [-0.05, 0) is 23.3 Å². The van der Waals surface area contributed by atoms with Gasteiger partial charge in [0.25, 0.3) is 0 Å². The van der Waals surface area contributed by atoms with Gasteiger partial charge in [-0.15, -0.1) is 0 Å². The third-order valence-corrected chi connectivity index (χ3v) is 4.03. The summed E-state index contributed by atoms with van der Waals surface area (Å²) < 4.78 is 29.0. The van der Waals surface area contributed by atoms with Crippen molar-refractivity contribution in [2.24, 2.45) is 0 Å². The average molecular weight is 262 g/mol. The van der Waals surface area contributed by atoms with Gasteiger partial charge in [-0.1, -0.05) is 36.9 Å². The lowest BCUT2D eigenvalue weighted by atomic mass is 10.1. The van der Waals surface area contributed by atoms with Crippen LogP contribution in [-0.2, 0) is 15.6 Å². The minimum Gasteiger partial charge on any atom is -0.468 e. The summed E-state index contributed by atoms with van der Waals surface area (Å²) in [5.41, 5.74) is 1.45. The molecule has 0 saturated heterocycles. The summed E-state index contributed by atoms with van der Waals surface area (Å²) >= 11 is 0. The maximum Gasteiger partial charge on any atom is 0.161 e. The van der Waals surface area contributed by atoms with Gasteiger partial charge in [-0.2, -0.15) is 0 Å². The molecule has 18 heavy (non-hydrogen) atoms. The highest BCUT2D eigenvalue weighted by atomic mass is 32.2. The summed E-state index contributed by atoms with van der Waals surface area (Å²) in [6.45, 7) is 3.83. The minimum absolute atomic E-state index is 0.0578. The number of sulfone groups is 1. The van der Waals surface area contributed by atoms with Crippen molar-refractivity contribution in [2.45, 2.75) is 5.75 Å². The Balaban J connectivity index is 2.07. The van der Waals surface area contributed by atoms with E-state index in [1.807, 2.05) is 30.3 Å². The van der Waals surface area contributed by atoms with Crippen LogP contribution in [0.15, 0.2) is 59.7 Å². The van der Waals surface area contributed by atoms with Gasteiger partial charge < -0.3 is 4.42 Å². The summed E-state index contributed by atoms with van der Waals surface area (Å²) in [4.78, 5) is 0. The van der Waals surface area contributed by atoms with Crippen molar-refractivity contribution in [1.82, 2.24) is 0 Å². The van der Waals surface area contributed by atoms with Crippen LogP contribution in [0.4, 0.5) is 0 Å². The van der Waals surface area contributed by atoms with E-state index in [0.717, 1.165) is 5.56 Å². The van der Waals surface area contributed by atoms with E-state index in [1.54, 1.807) is 12.1 Å². The lowest BCUT2D eigenvalue weighted by molar-refractivity contribution is 0.521. The molecule has 0 aliphatic carbocycles. The molecule has 0 unspecified atom stereocenters. The van der Waals surface area contributed by atoms with Crippen molar-refractivity contribution in [2.75, 3.05) is 5.75 Å². The molecule has 0 fully saturated rings. The van der Waals surface area contributed by atoms with Crippen LogP contribution in [0, 0.1) is 0 Å². The van der Waals surface area contributed by atoms with Crippen LogP contribution in [0.3, 0.4) is 0 Å². The Hall–Kier alpha value is -1.81. The summed E-state index contributed by atoms with van der Waals surface area (Å²) in [7, 11) is -3.25. The van der Waals surface area contributed by atoms with E-state index >= 15 is 0 Å². The molecule has 0 amide bonds. The van der Waals surface area contributed by atoms with Crippen LogP contribution >= 0.6 is 0 Å². The molecule has 0 bridgehead atoms. The molecule has 2 rings (SSSR count). The number of furan rings is 1. The van der Waals surface area contributed by atoms with Crippen LogP contribution in [-0.4, -0.2) is 14.2 Å². The summed E-state index contributed by atoms with van der Waals surface area (Å²) in [6.07, 6.45) is 1.47. The quantitative estimate of drug-likeness (QED) is 0.832. The standard InChI is InChI=1S/C14H14O3S/c1-12(13-6-3-2-4-7-13)10-18(15,16)11-14-8-5-9-17-14/h2-9H,1,10-11H2. The molecule has 0 aliphatic rings. The first-order valence-corrected chi connectivity index (χ1v) is 7.35. The molecule has 4 heteroatoms. The second kappa shape index (κ2) is 5.23. The van der Waals surface area contributed by atoms with Gasteiger partial charge in [0, 0.05) is 0 Å². The van der Waals surface area contributed by atoms with Crippen molar-refractivity contribution < 1.29 is 12.8 Å². The van der Waals surface area contributed by atoms with Crippen LogP contribution in [0.1, 0.15) is 11.3 Å². The molecule has 1 aromatic carbocycles. The zero-order valence-corrected chi connectivity index (χ0v) is 10.7. The van der Waals surface area contributed by atoms with Crippen molar-refractivity contribution in [3.8, 4) is 0 Å². The Morgan fingerprint density at radius 2 is 1.83 bits per heavy atom. The number of benzene rings is 1. The van der Waals surface area contributed by atoms with Crippen LogP contribution in [0.2, 0.25) is 0 Å². The fourth-order valence-electron chi connectivity index (χ4n) is 1.69. The Bertz CT molecular complexity index is 610. The largest absolute Gasteiger partial charge is 0.468 e. The maximum absolute atomic E-state index is 12.0. The summed E-state index contributed by atoms with van der Waals surface area (Å²) in [5.74, 6) is 0.305. The molecule has 0 N–H and O–H groups in total. The lowest BCUT2D eigenvalue weighted by Crippen LogP contribution is -2.10. The molecule has 1 heterocycles. The highest BCUT2D eigenvalue weighted by Gasteiger charge is 2.16. The topological polar surface area (TPSA) is 47.3 Å². The molecule has 3 nitrogen and oxygen atoms in total. The Labute approximate surface area is 107 Å². The predicted octanol–water partition coefficient (Wildman–Crippen LogP) is 2.91. The molecule has 94 valence electrons. The van der Waals surface area contributed by atoms with Crippen molar-refractivity contribution >= 4 is 15.4 Å². The molecule has 0 spiro atoms. The molecule has 0 saturated carbocycles. The normalized spacial score (nSPS) is 11.3. The van der Waals surface area contributed by atoms with Gasteiger partial charge in [0.2, 0.25) is 0 Å². The zero-order chi connectivity index (χ0) is 13.0. The second-order valence-corrected chi connectivity index (χ2v) is 6.15. The SMILES string of the molecule is C=C(CS(=O)(=O)Cc1ccco1)c1ccccc1. The van der Waals surface area contributed by atoms with E-state index in [-0.39, 0.29) is 11.5 Å². The van der Waals surface area contributed by atoms with E-state index in [9.17, 15) is 8.42 Å². The fraction of sp³-hybridized carbons (Fsp3) is 0.143. The Morgan fingerprint density at radius 1 is 1.11 bits per heavy atom. The van der Waals surface area contributed by atoms with Gasteiger partial charge in [0.1, 0.15) is 11.5 Å². The van der Waals surface area contributed by atoms with Crippen LogP contribution in [0.5, 0.6) is 0 Å². The molecule has 2 aromatic rings. The maximum atomic E-state index is 12.0.